The van der Waals surface area contributed by atoms with E-state index in [4.69, 9.17) is 9.84 Å². The van der Waals surface area contributed by atoms with Gasteiger partial charge in [-0.15, -0.1) is 11.8 Å². The Bertz CT molecular complexity index is 217. The van der Waals surface area contributed by atoms with Gasteiger partial charge in [0.2, 0.25) is 11.8 Å². The first-order chi connectivity index (χ1) is 6.70. The summed E-state index contributed by atoms with van der Waals surface area (Å²) in [7, 11) is 1.47. The van der Waals surface area contributed by atoms with Gasteiger partial charge in [0.25, 0.3) is 0 Å². The molecule has 0 aliphatic carbocycles. The van der Waals surface area contributed by atoms with E-state index in [1.807, 2.05) is 0 Å². The van der Waals surface area contributed by atoms with Crippen molar-refractivity contribution in [3.63, 3.8) is 0 Å². The third-order valence-corrected chi connectivity index (χ3v) is 2.83. The van der Waals surface area contributed by atoms with Crippen molar-refractivity contribution in [2.75, 3.05) is 31.8 Å². The molecule has 0 aromatic carbocycles. The minimum atomic E-state index is -0.541. The molecule has 0 radical (unpaired) electrons. The van der Waals surface area contributed by atoms with Crippen LogP contribution in [0.4, 0.5) is 0 Å². The summed E-state index contributed by atoms with van der Waals surface area (Å²) in [6, 6.07) is -0.541. The Morgan fingerprint density at radius 1 is 1.50 bits per heavy atom. The maximum Gasteiger partial charge on any atom is 0.239 e. The second-order valence-electron chi connectivity index (χ2n) is 2.94. The molecule has 0 saturated carbocycles. The highest BCUT2D eigenvalue weighted by Crippen LogP contribution is 2.15. The van der Waals surface area contributed by atoms with Crippen LogP contribution in [-0.2, 0) is 14.3 Å². The number of aliphatic hydroxyl groups is 1. The van der Waals surface area contributed by atoms with Gasteiger partial charge in [-0.25, -0.2) is 0 Å². The summed E-state index contributed by atoms with van der Waals surface area (Å²) in [5.41, 5.74) is 0. The van der Waals surface area contributed by atoms with Gasteiger partial charge in [-0.1, -0.05) is 0 Å². The summed E-state index contributed by atoms with van der Waals surface area (Å²) in [5, 5.41) is 9.01. The van der Waals surface area contributed by atoms with Gasteiger partial charge in [0.05, 0.1) is 30.8 Å². The molecule has 1 rings (SSSR count). The van der Waals surface area contributed by atoms with E-state index in [0.29, 0.717) is 11.5 Å². The van der Waals surface area contributed by atoms with Gasteiger partial charge in [-0.2, -0.15) is 0 Å². The highest BCUT2D eigenvalue weighted by molar-refractivity contribution is 8.00. The fraction of sp³-hybridized carbons (Fsp3) is 0.750. The molecule has 1 aliphatic rings. The molecule has 1 N–H and O–H groups in total. The molecule has 1 aliphatic heterocycles. The van der Waals surface area contributed by atoms with E-state index < -0.39 is 6.04 Å². The number of imide groups is 1. The monoisotopic (exact) mass is 219 g/mol. The maximum atomic E-state index is 11.4. The van der Waals surface area contributed by atoms with E-state index in [2.05, 4.69) is 0 Å². The quantitative estimate of drug-likeness (QED) is 0.620. The first-order valence-corrected chi connectivity index (χ1v) is 5.38. The molecule has 5 nitrogen and oxygen atoms in total. The predicted molar refractivity (Wildman–Crippen MR) is 51.9 cm³/mol. The number of aliphatic hydroxyl groups excluding tert-OH is 1. The summed E-state index contributed by atoms with van der Waals surface area (Å²) in [4.78, 5) is 23.9. The molecule has 0 bridgehead atoms. The number of thioether (sulfide) groups is 1. The molecule has 14 heavy (non-hydrogen) atoms. The van der Waals surface area contributed by atoms with Gasteiger partial charge in [0.1, 0.15) is 0 Å². The normalized spacial score (nSPS) is 20.0. The lowest BCUT2D eigenvalue weighted by molar-refractivity contribution is -0.147. The summed E-state index contributed by atoms with van der Waals surface area (Å²) in [5.74, 6) is 0.0995. The molecule has 0 aromatic heterocycles. The van der Waals surface area contributed by atoms with Crippen molar-refractivity contribution < 1.29 is 19.4 Å². The molecule has 1 unspecified atom stereocenters. The van der Waals surface area contributed by atoms with Crippen LogP contribution < -0.4 is 0 Å². The first kappa shape index (κ1) is 11.5. The van der Waals surface area contributed by atoms with Gasteiger partial charge in [-0.05, 0) is 0 Å². The van der Waals surface area contributed by atoms with Crippen molar-refractivity contribution >= 4 is 23.6 Å². The third kappa shape index (κ3) is 2.46. The van der Waals surface area contributed by atoms with Gasteiger partial charge >= 0.3 is 0 Å². The van der Waals surface area contributed by atoms with Gasteiger partial charge in [-0.3, -0.25) is 14.5 Å². The Balaban J connectivity index is 2.69. The first-order valence-electron chi connectivity index (χ1n) is 4.23. The summed E-state index contributed by atoms with van der Waals surface area (Å²) < 4.78 is 4.83. The van der Waals surface area contributed by atoms with Crippen molar-refractivity contribution in [3.8, 4) is 0 Å². The Kier molecular flexibility index (Phi) is 4.37. The number of ether oxygens (including phenoxy) is 1. The van der Waals surface area contributed by atoms with Crippen molar-refractivity contribution in [3.05, 3.63) is 0 Å². The number of hydrogen-bond acceptors (Lipinski definition) is 5. The van der Waals surface area contributed by atoms with Gasteiger partial charge in [0.15, 0.2) is 0 Å². The van der Waals surface area contributed by atoms with Gasteiger partial charge < -0.3 is 9.84 Å². The molecule has 80 valence electrons. The number of hydrogen-bond donors (Lipinski definition) is 1. The van der Waals surface area contributed by atoms with E-state index >= 15 is 0 Å². The average Bonchev–Trinajstić information content (AvgIpc) is 2.16. The molecule has 0 spiro atoms. The zero-order chi connectivity index (χ0) is 10.6. The Hall–Kier alpha value is -0.590. The zero-order valence-corrected chi connectivity index (χ0v) is 8.75. The second-order valence-corrected chi connectivity index (χ2v) is 3.93. The van der Waals surface area contributed by atoms with Crippen LogP contribution in [0.25, 0.3) is 0 Å². The van der Waals surface area contributed by atoms with E-state index in [0.717, 1.165) is 4.90 Å². The topological polar surface area (TPSA) is 66.8 Å². The summed E-state index contributed by atoms with van der Waals surface area (Å²) >= 11 is 1.30. The van der Waals surface area contributed by atoms with Crippen molar-refractivity contribution in [2.24, 2.45) is 0 Å². The van der Waals surface area contributed by atoms with Crippen molar-refractivity contribution in [2.45, 2.75) is 6.04 Å². The van der Waals surface area contributed by atoms with Crippen molar-refractivity contribution in [1.29, 1.82) is 0 Å². The zero-order valence-electron chi connectivity index (χ0n) is 7.93. The smallest absolute Gasteiger partial charge is 0.239 e. The minimum absolute atomic E-state index is 0.179. The lowest BCUT2D eigenvalue weighted by Gasteiger charge is -2.30. The standard InChI is InChI=1S/C8H13NO4S/c1-13-3-6(2-10)9-7(11)4-14-5-8(9)12/h6,10H,2-5H2,1H3. The Morgan fingerprint density at radius 3 is 2.50 bits per heavy atom. The molecule has 6 heteroatoms. The average molecular weight is 219 g/mol. The molecular weight excluding hydrogens is 206 g/mol. The maximum absolute atomic E-state index is 11.4. The molecule has 2 amide bonds. The van der Waals surface area contributed by atoms with Crippen LogP contribution in [0.1, 0.15) is 0 Å². The second kappa shape index (κ2) is 5.33. The summed E-state index contributed by atoms with van der Waals surface area (Å²) in [6.45, 7) is -0.0748. The highest BCUT2D eigenvalue weighted by Gasteiger charge is 2.32. The summed E-state index contributed by atoms with van der Waals surface area (Å²) in [6.07, 6.45) is 0. The number of carbonyl (C=O) groups is 2. The van der Waals surface area contributed by atoms with E-state index in [-0.39, 0.29) is 25.0 Å². The number of amides is 2. The molecule has 1 fully saturated rings. The number of nitrogens with zero attached hydrogens (tertiary/aromatic N) is 1. The molecule has 1 saturated heterocycles. The van der Waals surface area contributed by atoms with E-state index in [9.17, 15) is 9.59 Å². The molecule has 1 atom stereocenters. The Labute approximate surface area is 86.4 Å². The lowest BCUT2D eigenvalue weighted by atomic mass is 10.2. The van der Waals surface area contributed by atoms with Crippen LogP contribution in [0.3, 0.4) is 0 Å². The fourth-order valence-electron chi connectivity index (χ4n) is 1.31. The van der Waals surface area contributed by atoms with Crippen LogP contribution in [-0.4, -0.2) is 59.7 Å². The molecule has 1 heterocycles. The number of methoxy groups -OCH3 is 1. The highest BCUT2D eigenvalue weighted by atomic mass is 32.2. The van der Waals surface area contributed by atoms with Crippen LogP contribution in [0, 0.1) is 0 Å². The number of rotatable bonds is 4. The van der Waals surface area contributed by atoms with Crippen molar-refractivity contribution in [1.82, 2.24) is 4.90 Å². The van der Waals surface area contributed by atoms with E-state index in [1.54, 1.807) is 0 Å². The minimum Gasteiger partial charge on any atom is -0.394 e. The largest absolute Gasteiger partial charge is 0.394 e. The van der Waals surface area contributed by atoms with Crippen LogP contribution in [0.5, 0.6) is 0 Å². The number of carbonyl (C=O) groups excluding carboxylic acids is 2. The van der Waals surface area contributed by atoms with E-state index in [1.165, 1.54) is 18.9 Å². The predicted octanol–water partition coefficient (Wildman–Crippen LogP) is -0.904. The lowest BCUT2D eigenvalue weighted by Crippen LogP contribution is -2.52. The fourth-order valence-corrected chi connectivity index (χ4v) is 2.04. The Morgan fingerprint density at radius 2 is 2.07 bits per heavy atom. The SMILES string of the molecule is COCC(CO)N1C(=O)CSCC1=O. The van der Waals surface area contributed by atoms with Crippen LogP contribution >= 0.6 is 11.8 Å². The molecular formula is C8H13NO4S. The third-order valence-electron chi connectivity index (χ3n) is 1.92. The van der Waals surface area contributed by atoms with Crippen LogP contribution in [0.2, 0.25) is 0 Å². The van der Waals surface area contributed by atoms with Crippen LogP contribution in [0.15, 0.2) is 0 Å². The van der Waals surface area contributed by atoms with Gasteiger partial charge in [0, 0.05) is 7.11 Å². The molecule has 0 aromatic rings.